The van der Waals surface area contributed by atoms with Crippen LogP contribution >= 0.6 is 0 Å². The molecule has 0 aromatic heterocycles. The van der Waals surface area contributed by atoms with E-state index >= 15 is 0 Å². The number of unbranched alkanes of at least 4 members (excludes halogenated alkanes) is 10. The monoisotopic (exact) mass is 332 g/mol. The Morgan fingerprint density at radius 1 is 0.792 bits per heavy atom. The maximum absolute atomic E-state index is 11.8. The minimum atomic E-state index is 0.238. The first kappa shape index (κ1) is 20.9. The molecule has 0 aliphatic rings. The van der Waals surface area contributed by atoms with Gasteiger partial charge in [-0.05, 0) is 12.0 Å². The minimum absolute atomic E-state index is 0.238. The van der Waals surface area contributed by atoms with Crippen molar-refractivity contribution in [3.8, 4) is 0 Å². The van der Waals surface area contributed by atoms with Crippen molar-refractivity contribution < 1.29 is 9.53 Å². The van der Waals surface area contributed by atoms with E-state index in [1.165, 1.54) is 64.2 Å². The van der Waals surface area contributed by atoms with E-state index in [9.17, 15) is 4.79 Å². The van der Waals surface area contributed by atoms with Gasteiger partial charge >= 0.3 is 0 Å². The Morgan fingerprint density at radius 3 is 1.92 bits per heavy atom. The van der Waals surface area contributed by atoms with Crippen LogP contribution in [0.5, 0.6) is 0 Å². The molecule has 136 valence electrons. The summed E-state index contributed by atoms with van der Waals surface area (Å²) in [5, 5.41) is 0. The molecule has 0 aliphatic heterocycles. The molecule has 0 fully saturated rings. The van der Waals surface area contributed by atoms with Gasteiger partial charge in [-0.1, -0.05) is 101 Å². The largest absolute Gasteiger partial charge is 0.369 e. The van der Waals surface area contributed by atoms with Gasteiger partial charge in [0, 0.05) is 6.42 Å². The lowest BCUT2D eigenvalue weighted by atomic mass is 10.0. The highest BCUT2D eigenvalue weighted by Gasteiger charge is 2.02. The smallest absolute Gasteiger partial charge is 0.158 e. The summed E-state index contributed by atoms with van der Waals surface area (Å²) < 4.78 is 5.48. The van der Waals surface area contributed by atoms with E-state index in [-0.39, 0.29) is 12.4 Å². The number of benzene rings is 1. The van der Waals surface area contributed by atoms with Crippen LogP contribution in [0.4, 0.5) is 0 Å². The van der Waals surface area contributed by atoms with Crippen molar-refractivity contribution in [3.05, 3.63) is 35.9 Å². The fraction of sp³-hybridized carbons (Fsp3) is 0.682. The summed E-state index contributed by atoms with van der Waals surface area (Å²) in [5.41, 5.74) is 1.12. The molecular weight excluding hydrogens is 296 g/mol. The van der Waals surface area contributed by atoms with Crippen LogP contribution in [0, 0.1) is 0 Å². The molecule has 0 bridgehead atoms. The first-order chi connectivity index (χ1) is 11.8. The zero-order valence-corrected chi connectivity index (χ0v) is 15.6. The van der Waals surface area contributed by atoms with Crippen molar-refractivity contribution in [2.24, 2.45) is 0 Å². The fourth-order valence-corrected chi connectivity index (χ4v) is 2.92. The number of hydrogen-bond acceptors (Lipinski definition) is 2. The molecule has 1 aromatic rings. The Morgan fingerprint density at radius 2 is 1.33 bits per heavy atom. The fourth-order valence-electron chi connectivity index (χ4n) is 2.92. The molecule has 0 atom stereocenters. The molecule has 0 radical (unpaired) electrons. The van der Waals surface area contributed by atoms with Crippen molar-refractivity contribution in [1.82, 2.24) is 0 Å². The van der Waals surface area contributed by atoms with Crippen molar-refractivity contribution in [3.63, 3.8) is 0 Å². The van der Waals surface area contributed by atoms with Crippen molar-refractivity contribution >= 4 is 5.78 Å². The molecular formula is C22H36O2. The average molecular weight is 333 g/mol. The van der Waals surface area contributed by atoms with Crippen molar-refractivity contribution in [2.75, 3.05) is 6.61 Å². The topological polar surface area (TPSA) is 26.3 Å². The van der Waals surface area contributed by atoms with E-state index in [2.05, 4.69) is 6.92 Å². The first-order valence-electron chi connectivity index (χ1n) is 9.96. The second-order valence-electron chi connectivity index (χ2n) is 6.80. The van der Waals surface area contributed by atoms with Gasteiger partial charge in [-0.3, -0.25) is 4.79 Å². The molecule has 0 unspecified atom stereocenters. The van der Waals surface area contributed by atoms with Gasteiger partial charge in [0.1, 0.15) is 6.61 Å². The van der Waals surface area contributed by atoms with Gasteiger partial charge in [-0.25, -0.2) is 0 Å². The Kier molecular flexibility index (Phi) is 13.4. The Bertz CT molecular complexity index is 400. The van der Waals surface area contributed by atoms with Crippen molar-refractivity contribution in [2.45, 2.75) is 90.6 Å². The number of ether oxygens (including phenoxy) is 1. The molecule has 0 N–H and O–H groups in total. The normalized spacial score (nSPS) is 10.9. The lowest BCUT2D eigenvalue weighted by Crippen LogP contribution is -2.08. The van der Waals surface area contributed by atoms with Gasteiger partial charge in [0.2, 0.25) is 0 Å². The molecule has 1 rings (SSSR count). The molecule has 1 aromatic carbocycles. The van der Waals surface area contributed by atoms with Crippen LogP contribution in [-0.4, -0.2) is 12.4 Å². The van der Waals surface area contributed by atoms with Gasteiger partial charge in [-0.15, -0.1) is 0 Å². The molecule has 2 nitrogen and oxygen atoms in total. The summed E-state index contributed by atoms with van der Waals surface area (Å²) in [6.07, 6.45) is 15.2. The Hall–Kier alpha value is -1.15. The van der Waals surface area contributed by atoms with E-state index in [1.54, 1.807) is 0 Å². The number of Topliss-reactive ketones (excluding diaryl/α,β-unsaturated/α-hetero) is 1. The molecule has 2 heteroatoms. The highest BCUT2D eigenvalue weighted by Crippen LogP contribution is 2.12. The van der Waals surface area contributed by atoms with Gasteiger partial charge in [0.05, 0.1) is 6.61 Å². The molecule has 0 amide bonds. The quantitative estimate of drug-likeness (QED) is 0.324. The molecule has 0 spiro atoms. The van der Waals surface area contributed by atoms with Gasteiger partial charge in [-0.2, -0.15) is 0 Å². The third-order valence-electron chi connectivity index (χ3n) is 4.43. The number of hydrogen-bond donors (Lipinski definition) is 0. The van der Waals surface area contributed by atoms with E-state index in [1.807, 2.05) is 30.3 Å². The van der Waals surface area contributed by atoms with Crippen LogP contribution in [0.2, 0.25) is 0 Å². The standard InChI is InChI=1S/C22H36O2/c1-2-3-4-5-6-7-8-9-10-11-15-18-22(23)20-24-19-21-16-13-12-14-17-21/h12-14,16-17H,2-11,15,18-20H2,1H3. The van der Waals surface area contributed by atoms with Crippen LogP contribution < -0.4 is 0 Å². The summed E-state index contributed by atoms with van der Waals surface area (Å²) in [6.45, 7) is 3.05. The lowest BCUT2D eigenvalue weighted by Gasteiger charge is -2.04. The van der Waals surface area contributed by atoms with Gasteiger partial charge in [0.25, 0.3) is 0 Å². The van der Waals surface area contributed by atoms with Crippen molar-refractivity contribution in [1.29, 1.82) is 0 Å². The molecule has 0 saturated heterocycles. The number of carbonyl (C=O) groups is 1. The summed E-state index contributed by atoms with van der Waals surface area (Å²) in [6, 6.07) is 10.0. The second kappa shape index (κ2) is 15.4. The van der Waals surface area contributed by atoms with Crippen LogP contribution in [0.25, 0.3) is 0 Å². The maximum Gasteiger partial charge on any atom is 0.158 e. The average Bonchev–Trinajstić information content (AvgIpc) is 2.60. The lowest BCUT2D eigenvalue weighted by molar-refractivity contribution is -0.124. The van der Waals surface area contributed by atoms with E-state index in [0.29, 0.717) is 13.0 Å². The third kappa shape index (κ3) is 12.3. The summed E-state index contributed by atoms with van der Waals surface area (Å²) in [7, 11) is 0. The second-order valence-corrected chi connectivity index (χ2v) is 6.80. The zero-order chi connectivity index (χ0) is 17.3. The number of ketones is 1. The Balaban J connectivity index is 1.82. The number of rotatable bonds is 16. The SMILES string of the molecule is CCCCCCCCCCCCCC(=O)COCc1ccccc1. The van der Waals surface area contributed by atoms with E-state index in [4.69, 9.17) is 4.74 Å². The van der Waals surface area contributed by atoms with Crippen LogP contribution in [0.3, 0.4) is 0 Å². The first-order valence-corrected chi connectivity index (χ1v) is 9.96. The molecule has 24 heavy (non-hydrogen) atoms. The number of carbonyl (C=O) groups excluding carboxylic acids is 1. The maximum atomic E-state index is 11.8. The molecule has 0 aliphatic carbocycles. The summed E-state index contributed by atoms with van der Waals surface area (Å²) in [4.78, 5) is 11.8. The summed E-state index contributed by atoms with van der Waals surface area (Å²) in [5.74, 6) is 0.238. The van der Waals surface area contributed by atoms with Crippen LogP contribution in [0.1, 0.15) is 89.5 Å². The predicted octanol–water partition coefficient (Wildman–Crippen LogP) is 6.47. The van der Waals surface area contributed by atoms with E-state index < -0.39 is 0 Å². The van der Waals surface area contributed by atoms with Gasteiger partial charge in [0.15, 0.2) is 5.78 Å². The van der Waals surface area contributed by atoms with E-state index in [0.717, 1.165) is 12.0 Å². The van der Waals surface area contributed by atoms with Gasteiger partial charge < -0.3 is 4.74 Å². The third-order valence-corrected chi connectivity index (χ3v) is 4.43. The summed E-state index contributed by atoms with van der Waals surface area (Å²) >= 11 is 0. The highest BCUT2D eigenvalue weighted by molar-refractivity contribution is 5.79. The predicted molar refractivity (Wildman–Crippen MR) is 102 cm³/mol. The van der Waals surface area contributed by atoms with Crippen LogP contribution in [-0.2, 0) is 16.1 Å². The highest BCUT2D eigenvalue weighted by atomic mass is 16.5. The minimum Gasteiger partial charge on any atom is -0.369 e. The zero-order valence-electron chi connectivity index (χ0n) is 15.6. The molecule has 0 saturated carbocycles. The Labute approximate surface area is 149 Å². The van der Waals surface area contributed by atoms with Crippen LogP contribution in [0.15, 0.2) is 30.3 Å². The molecule has 0 heterocycles.